The molecule has 0 aliphatic carbocycles. The molecule has 0 spiro atoms. The summed E-state index contributed by atoms with van der Waals surface area (Å²) in [4.78, 5) is 10.6. The van der Waals surface area contributed by atoms with Crippen LogP contribution >= 0.6 is 0 Å². The summed E-state index contributed by atoms with van der Waals surface area (Å²) in [6, 6.07) is 8.06. The minimum atomic E-state index is -0.858. The molecule has 1 aromatic rings. The highest BCUT2D eigenvalue weighted by atomic mass is 16.7. The van der Waals surface area contributed by atoms with Gasteiger partial charge in [0, 0.05) is 6.42 Å². The smallest absolute Gasteiger partial charge is 0.306 e. The van der Waals surface area contributed by atoms with Crippen LogP contribution in [0.15, 0.2) is 24.3 Å². The molecule has 4 heteroatoms. The van der Waals surface area contributed by atoms with Crippen LogP contribution in [0.5, 0.6) is 0 Å². The second kappa shape index (κ2) is 5.08. The molecule has 0 bridgehead atoms. The Morgan fingerprint density at radius 2 is 2.22 bits per heavy atom. The minimum absolute atomic E-state index is 0.0106. The van der Waals surface area contributed by atoms with E-state index < -0.39 is 11.8 Å². The van der Waals surface area contributed by atoms with E-state index >= 15 is 0 Å². The number of carboxylic acid groups (broad SMARTS) is 1. The van der Waals surface area contributed by atoms with Crippen LogP contribution in [0.2, 0.25) is 0 Å². The van der Waals surface area contributed by atoms with Crippen molar-refractivity contribution in [1.29, 1.82) is 0 Å². The molecule has 4 nitrogen and oxygen atoms in total. The number of carboxylic acids is 1. The molecule has 18 heavy (non-hydrogen) atoms. The predicted octanol–water partition coefficient (Wildman–Crippen LogP) is 2.14. The van der Waals surface area contributed by atoms with Gasteiger partial charge < -0.3 is 14.6 Å². The fourth-order valence-corrected chi connectivity index (χ4v) is 2.23. The van der Waals surface area contributed by atoms with Crippen molar-refractivity contribution in [3.63, 3.8) is 0 Å². The number of aryl methyl sites for hydroxylation is 1. The van der Waals surface area contributed by atoms with E-state index in [2.05, 4.69) is 0 Å². The minimum Gasteiger partial charge on any atom is -0.481 e. The Morgan fingerprint density at radius 1 is 1.50 bits per heavy atom. The van der Waals surface area contributed by atoms with Crippen molar-refractivity contribution in [2.45, 2.75) is 38.6 Å². The molecule has 98 valence electrons. The van der Waals surface area contributed by atoms with E-state index in [4.69, 9.17) is 14.6 Å². The maximum Gasteiger partial charge on any atom is 0.306 e. The average molecular weight is 250 g/mol. The highest BCUT2D eigenvalue weighted by Crippen LogP contribution is 2.29. The van der Waals surface area contributed by atoms with E-state index in [0.29, 0.717) is 13.0 Å². The predicted molar refractivity (Wildman–Crippen MR) is 66.4 cm³/mol. The van der Waals surface area contributed by atoms with Crippen LogP contribution in [0, 0.1) is 6.92 Å². The molecule has 1 aliphatic heterocycles. The van der Waals surface area contributed by atoms with E-state index in [9.17, 15) is 4.79 Å². The van der Waals surface area contributed by atoms with E-state index in [-0.39, 0.29) is 12.5 Å². The summed E-state index contributed by atoms with van der Waals surface area (Å²) < 4.78 is 11.3. The van der Waals surface area contributed by atoms with Gasteiger partial charge in [0.1, 0.15) is 0 Å². The molecular weight excluding hydrogens is 232 g/mol. The Morgan fingerprint density at radius 3 is 2.89 bits per heavy atom. The maximum absolute atomic E-state index is 10.6. The third kappa shape index (κ3) is 3.09. The van der Waals surface area contributed by atoms with E-state index in [0.717, 1.165) is 5.56 Å². The number of benzene rings is 1. The molecule has 1 heterocycles. The van der Waals surface area contributed by atoms with Crippen LogP contribution in [-0.2, 0) is 20.7 Å². The molecule has 1 aliphatic rings. The van der Waals surface area contributed by atoms with Crippen molar-refractivity contribution in [1.82, 2.24) is 0 Å². The number of carbonyl (C=O) groups is 1. The van der Waals surface area contributed by atoms with Crippen LogP contribution in [0.3, 0.4) is 0 Å². The first-order valence-electron chi connectivity index (χ1n) is 6.06. The number of rotatable bonds is 4. The van der Waals surface area contributed by atoms with Crippen LogP contribution in [0.4, 0.5) is 0 Å². The van der Waals surface area contributed by atoms with Crippen molar-refractivity contribution in [2.24, 2.45) is 0 Å². The Kier molecular flexibility index (Phi) is 3.68. The molecule has 1 aromatic carbocycles. The lowest BCUT2D eigenvalue weighted by Gasteiger charge is -2.24. The summed E-state index contributed by atoms with van der Waals surface area (Å²) in [6.45, 7) is 4.25. The maximum atomic E-state index is 10.6. The molecule has 0 aromatic heterocycles. The molecule has 2 rings (SSSR count). The molecule has 1 N–H and O–H groups in total. The van der Waals surface area contributed by atoms with Gasteiger partial charge in [0.25, 0.3) is 0 Å². The van der Waals surface area contributed by atoms with Gasteiger partial charge >= 0.3 is 5.97 Å². The fraction of sp³-hybridized carbons (Fsp3) is 0.500. The lowest BCUT2D eigenvalue weighted by atomic mass is 10.0. The summed E-state index contributed by atoms with van der Waals surface area (Å²) in [7, 11) is 0. The average Bonchev–Trinajstić information content (AvgIpc) is 2.63. The number of hydrogen-bond acceptors (Lipinski definition) is 3. The Bertz CT molecular complexity index is 443. The summed E-state index contributed by atoms with van der Waals surface area (Å²) in [5.74, 6) is -1.57. The van der Waals surface area contributed by atoms with Gasteiger partial charge in [-0.1, -0.05) is 24.3 Å². The third-order valence-corrected chi connectivity index (χ3v) is 3.17. The second-order valence-corrected chi connectivity index (χ2v) is 4.89. The summed E-state index contributed by atoms with van der Waals surface area (Å²) >= 11 is 0. The lowest BCUT2D eigenvalue weighted by Crippen LogP contribution is -2.30. The van der Waals surface area contributed by atoms with Gasteiger partial charge in [-0.25, -0.2) is 0 Å². The highest BCUT2D eigenvalue weighted by Gasteiger charge is 2.38. The van der Waals surface area contributed by atoms with Gasteiger partial charge in [-0.05, 0) is 25.0 Å². The first-order chi connectivity index (χ1) is 8.48. The quantitative estimate of drug-likeness (QED) is 0.889. The SMILES string of the molecule is Cc1ccccc1CC1(C)OCC(CC(=O)O)O1. The molecule has 2 unspecified atom stereocenters. The van der Waals surface area contributed by atoms with Crippen molar-refractivity contribution < 1.29 is 19.4 Å². The molecule has 1 fully saturated rings. The molecule has 2 atom stereocenters. The Labute approximate surface area is 107 Å². The van der Waals surface area contributed by atoms with Crippen LogP contribution < -0.4 is 0 Å². The molecular formula is C14H18O4. The topological polar surface area (TPSA) is 55.8 Å². The second-order valence-electron chi connectivity index (χ2n) is 4.89. The Balaban J connectivity index is 2.02. The summed E-state index contributed by atoms with van der Waals surface area (Å²) in [6.07, 6.45) is 0.274. The molecule has 0 radical (unpaired) electrons. The zero-order valence-electron chi connectivity index (χ0n) is 10.7. The van der Waals surface area contributed by atoms with Gasteiger partial charge in [0.05, 0.1) is 19.1 Å². The first-order valence-corrected chi connectivity index (χ1v) is 6.06. The fourth-order valence-electron chi connectivity index (χ4n) is 2.23. The van der Waals surface area contributed by atoms with Gasteiger partial charge in [0.2, 0.25) is 0 Å². The lowest BCUT2D eigenvalue weighted by molar-refractivity contribution is -0.158. The molecule has 0 saturated carbocycles. The van der Waals surface area contributed by atoms with Crippen LogP contribution in [0.25, 0.3) is 0 Å². The normalized spacial score (nSPS) is 27.3. The van der Waals surface area contributed by atoms with Crippen molar-refractivity contribution in [3.05, 3.63) is 35.4 Å². The molecule has 1 saturated heterocycles. The van der Waals surface area contributed by atoms with Gasteiger partial charge in [-0.2, -0.15) is 0 Å². The largest absolute Gasteiger partial charge is 0.481 e. The van der Waals surface area contributed by atoms with Crippen molar-refractivity contribution in [3.8, 4) is 0 Å². The summed E-state index contributed by atoms with van der Waals surface area (Å²) in [5, 5.41) is 8.74. The number of ether oxygens (including phenoxy) is 2. The first kappa shape index (κ1) is 13.1. The van der Waals surface area contributed by atoms with Crippen molar-refractivity contribution >= 4 is 5.97 Å². The van der Waals surface area contributed by atoms with Crippen LogP contribution in [-0.4, -0.2) is 29.6 Å². The monoisotopic (exact) mass is 250 g/mol. The van der Waals surface area contributed by atoms with Crippen molar-refractivity contribution in [2.75, 3.05) is 6.61 Å². The zero-order chi connectivity index (χ0) is 13.2. The van der Waals surface area contributed by atoms with E-state index in [1.807, 2.05) is 38.1 Å². The third-order valence-electron chi connectivity index (χ3n) is 3.17. The molecule has 0 amide bonds. The standard InChI is InChI=1S/C14H18O4/c1-10-5-3-4-6-11(10)8-14(2)17-9-12(18-14)7-13(15)16/h3-6,12H,7-9H2,1-2H3,(H,15,16). The Hall–Kier alpha value is -1.39. The highest BCUT2D eigenvalue weighted by molar-refractivity contribution is 5.67. The summed E-state index contributed by atoms with van der Waals surface area (Å²) in [5.41, 5.74) is 2.35. The van der Waals surface area contributed by atoms with Gasteiger partial charge in [-0.15, -0.1) is 0 Å². The van der Waals surface area contributed by atoms with E-state index in [1.165, 1.54) is 5.56 Å². The van der Waals surface area contributed by atoms with Gasteiger partial charge in [0.15, 0.2) is 5.79 Å². The van der Waals surface area contributed by atoms with E-state index in [1.54, 1.807) is 0 Å². The number of aliphatic carboxylic acids is 1. The zero-order valence-corrected chi connectivity index (χ0v) is 10.7. The van der Waals surface area contributed by atoms with Crippen LogP contribution in [0.1, 0.15) is 24.5 Å². The van der Waals surface area contributed by atoms with Gasteiger partial charge in [-0.3, -0.25) is 4.79 Å². The number of hydrogen-bond donors (Lipinski definition) is 1.